The Hall–Kier alpha value is -2.52. The molecule has 1 amide bonds. The number of ether oxygens (including phenoxy) is 2. The standard InChI is InChI=1S/C15H16N2O4/c1-10-8-14(18)17(15(10,19)6-7-16)12-9-11(20-2)4-5-13(12)21-3/h4-5,8-9,19H,6H2,1-3H3/t15-/m1/s1. The van der Waals surface area contributed by atoms with Gasteiger partial charge in [0.05, 0.1) is 32.4 Å². The molecule has 1 aliphatic heterocycles. The van der Waals surface area contributed by atoms with Gasteiger partial charge >= 0.3 is 0 Å². The van der Waals surface area contributed by atoms with Crippen molar-refractivity contribution in [1.29, 1.82) is 5.26 Å². The highest BCUT2D eigenvalue weighted by Crippen LogP contribution is 2.41. The van der Waals surface area contributed by atoms with E-state index in [-0.39, 0.29) is 6.42 Å². The molecule has 2 rings (SSSR count). The van der Waals surface area contributed by atoms with E-state index < -0.39 is 11.6 Å². The fourth-order valence-electron chi connectivity index (χ4n) is 2.34. The summed E-state index contributed by atoms with van der Waals surface area (Å²) >= 11 is 0. The third-order valence-electron chi connectivity index (χ3n) is 3.51. The summed E-state index contributed by atoms with van der Waals surface area (Å²) in [5.41, 5.74) is -0.905. The number of nitriles is 1. The number of hydrogen-bond acceptors (Lipinski definition) is 5. The van der Waals surface area contributed by atoms with Gasteiger partial charge in [-0.25, -0.2) is 0 Å². The van der Waals surface area contributed by atoms with Crippen LogP contribution in [0.3, 0.4) is 0 Å². The number of hydrogen-bond donors (Lipinski definition) is 1. The first-order chi connectivity index (χ1) is 9.97. The second-order valence-corrected chi connectivity index (χ2v) is 4.69. The number of anilines is 1. The van der Waals surface area contributed by atoms with Crippen LogP contribution < -0.4 is 14.4 Å². The van der Waals surface area contributed by atoms with Gasteiger partial charge in [0.2, 0.25) is 0 Å². The molecule has 0 spiro atoms. The van der Waals surface area contributed by atoms with Crippen LogP contribution in [0, 0.1) is 11.3 Å². The van der Waals surface area contributed by atoms with Crippen molar-refractivity contribution in [2.24, 2.45) is 0 Å². The Morgan fingerprint density at radius 1 is 1.38 bits per heavy atom. The molecule has 21 heavy (non-hydrogen) atoms. The number of amides is 1. The molecule has 6 nitrogen and oxygen atoms in total. The molecule has 0 unspecified atom stereocenters. The highest BCUT2D eigenvalue weighted by molar-refractivity contribution is 6.07. The van der Waals surface area contributed by atoms with Crippen molar-refractivity contribution in [3.05, 3.63) is 29.8 Å². The molecule has 0 fully saturated rings. The lowest BCUT2D eigenvalue weighted by Crippen LogP contribution is -2.48. The maximum Gasteiger partial charge on any atom is 0.253 e. The number of benzene rings is 1. The number of aliphatic hydroxyl groups is 1. The van der Waals surface area contributed by atoms with E-state index in [2.05, 4.69) is 0 Å². The van der Waals surface area contributed by atoms with Gasteiger partial charge in [-0.3, -0.25) is 9.69 Å². The maximum atomic E-state index is 12.2. The number of rotatable bonds is 4. The van der Waals surface area contributed by atoms with Crippen molar-refractivity contribution in [2.45, 2.75) is 19.1 Å². The number of methoxy groups -OCH3 is 2. The van der Waals surface area contributed by atoms with Gasteiger partial charge in [-0.05, 0) is 24.6 Å². The van der Waals surface area contributed by atoms with Gasteiger partial charge in [-0.2, -0.15) is 5.26 Å². The largest absolute Gasteiger partial charge is 0.497 e. The predicted octanol–water partition coefficient (Wildman–Crippen LogP) is 1.60. The maximum absolute atomic E-state index is 12.2. The predicted molar refractivity (Wildman–Crippen MR) is 76.0 cm³/mol. The molecule has 1 aromatic rings. The van der Waals surface area contributed by atoms with E-state index in [0.717, 1.165) is 4.90 Å². The second-order valence-electron chi connectivity index (χ2n) is 4.69. The molecule has 1 heterocycles. The Balaban J connectivity index is 2.59. The molecule has 1 N–H and O–H groups in total. The second kappa shape index (κ2) is 5.46. The fraction of sp³-hybridized carbons (Fsp3) is 0.333. The van der Waals surface area contributed by atoms with Crippen LogP contribution in [0.15, 0.2) is 29.8 Å². The molecule has 6 heteroatoms. The minimum absolute atomic E-state index is 0.235. The van der Waals surface area contributed by atoms with Crippen molar-refractivity contribution >= 4 is 11.6 Å². The topological polar surface area (TPSA) is 82.8 Å². The molecule has 0 aliphatic carbocycles. The number of carbonyl (C=O) groups is 1. The van der Waals surface area contributed by atoms with Crippen molar-refractivity contribution < 1.29 is 19.4 Å². The van der Waals surface area contributed by atoms with E-state index in [4.69, 9.17) is 14.7 Å². The van der Waals surface area contributed by atoms with Gasteiger partial charge in [0.15, 0.2) is 5.72 Å². The molecule has 110 valence electrons. The summed E-state index contributed by atoms with van der Waals surface area (Å²) in [5, 5.41) is 19.7. The SMILES string of the molecule is COc1ccc(OC)c(N2C(=O)C=C(C)[C@]2(O)CC#N)c1. The van der Waals surface area contributed by atoms with Crippen molar-refractivity contribution in [3.63, 3.8) is 0 Å². The third kappa shape index (κ3) is 2.32. The van der Waals surface area contributed by atoms with E-state index in [0.29, 0.717) is 22.8 Å². The van der Waals surface area contributed by atoms with E-state index in [9.17, 15) is 9.90 Å². The summed E-state index contributed by atoms with van der Waals surface area (Å²) in [5.74, 6) is 0.517. The fourth-order valence-corrected chi connectivity index (χ4v) is 2.34. The summed E-state index contributed by atoms with van der Waals surface area (Å²) < 4.78 is 10.4. The van der Waals surface area contributed by atoms with Crippen LogP contribution >= 0.6 is 0 Å². The third-order valence-corrected chi connectivity index (χ3v) is 3.51. The quantitative estimate of drug-likeness (QED) is 0.910. The lowest BCUT2D eigenvalue weighted by molar-refractivity contribution is -0.116. The van der Waals surface area contributed by atoms with Gasteiger partial charge in [0, 0.05) is 12.1 Å². The average Bonchev–Trinajstić information content (AvgIpc) is 2.68. The Labute approximate surface area is 122 Å². The summed E-state index contributed by atoms with van der Waals surface area (Å²) in [7, 11) is 2.97. The molecule has 0 aromatic heterocycles. The Morgan fingerprint density at radius 2 is 2.10 bits per heavy atom. The Morgan fingerprint density at radius 3 is 2.67 bits per heavy atom. The van der Waals surface area contributed by atoms with Crippen LogP contribution in [0.4, 0.5) is 5.69 Å². The normalized spacial score (nSPS) is 21.0. The van der Waals surface area contributed by atoms with Crippen LogP contribution in [-0.2, 0) is 4.79 Å². The van der Waals surface area contributed by atoms with Crippen molar-refractivity contribution in [2.75, 3.05) is 19.1 Å². The Bertz CT molecular complexity index is 648. The summed E-state index contributed by atoms with van der Waals surface area (Å²) in [6, 6.07) is 6.83. The van der Waals surface area contributed by atoms with E-state index >= 15 is 0 Å². The van der Waals surface area contributed by atoms with Crippen molar-refractivity contribution in [3.8, 4) is 17.6 Å². The van der Waals surface area contributed by atoms with Crippen LogP contribution in [0.1, 0.15) is 13.3 Å². The van der Waals surface area contributed by atoms with Crippen LogP contribution in [-0.4, -0.2) is 31.0 Å². The first-order valence-electron chi connectivity index (χ1n) is 6.32. The lowest BCUT2D eigenvalue weighted by Gasteiger charge is -2.34. The molecule has 0 saturated carbocycles. The number of carbonyl (C=O) groups excluding carboxylic acids is 1. The highest BCUT2D eigenvalue weighted by atomic mass is 16.5. The van der Waals surface area contributed by atoms with E-state index in [1.165, 1.54) is 20.3 Å². The first kappa shape index (κ1) is 14.9. The summed E-state index contributed by atoms with van der Waals surface area (Å²) in [4.78, 5) is 13.4. The van der Waals surface area contributed by atoms with E-state index in [1.54, 1.807) is 25.1 Å². The van der Waals surface area contributed by atoms with Gasteiger partial charge < -0.3 is 14.6 Å². The van der Waals surface area contributed by atoms with Crippen LogP contribution in [0.5, 0.6) is 11.5 Å². The molecule has 1 aliphatic rings. The zero-order chi connectivity index (χ0) is 15.6. The molecule has 0 radical (unpaired) electrons. The highest BCUT2D eigenvalue weighted by Gasteiger charge is 2.46. The smallest absolute Gasteiger partial charge is 0.253 e. The minimum Gasteiger partial charge on any atom is -0.497 e. The average molecular weight is 288 g/mol. The monoisotopic (exact) mass is 288 g/mol. The molecule has 1 aromatic carbocycles. The van der Waals surface area contributed by atoms with Gasteiger partial charge in [0.25, 0.3) is 5.91 Å². The molecular weight excluding hydrogens is 272 g/mol. The van der Waals surface area contributed by atoms with Crippen molar-refractivity contribution in [1.82, 2.24) is 0 Å². The summed E-state index contributed by atoms with van der Waals surface area (Å²) in [6.07, 6.45) is 1.08. The summed E-state index contributed by atoms with van der Waals surface area (Å²) in [6.45, 7) is 1.61. The Kier molecular flexibility index (Phi) is 3.87. The first-order valence-corrected chi connectivity index (χ1v) is 6.32. The molecule has 1 atom stereocenters. The van der Waals surface area contributed by atoms with Crippen LogP contribution in [0.25, 0.3) is 0 Å². The van der Waals surface area contributed by atoms with E-state index in [1.807, 2.05) is 6.07 Å². The van der Waals surface area contributed by atoms with Crippen LogP contribution in [0.2, 0.25) is 0 Å². The molecular formula is C15H16N2O4. The van der Waals surface area contributed by atoms with Gasteiger partial charge in [0.1, 0.15) is 11.5 Å². The number of nitrogens with zero attached hydrogens (tertiary/aromatic N) is 2. The molecule has 0 bridgehead atoms. The zero-order valence-corrected chi connectivity index (χ0v) is 12.1. The van der Waals surface area contributed by atoms with Gasteiger partial charge in [-0.1, -0.05) is 0 Å². The zero-order valence-electron chi connectivity index (χ0n) is 12.1. The van der Waals surface area contributed by atoms with Gasteiger partial charge in [-0.15, -0.1) is 0 Å². The minimum atomic E-state index is -1.68. The lowest BCUT2D eigenvalue weighted by atomic mass is 10.0. The molecule has 0 saturated heterocycles.